The van der Waals surface area contributed by atoms with Gasteiger partial charge in [-0.3, -0.25) is 9.80 Å². The van der Waals surface area contributed by atoms with Gasteiger partial charge in [0, 0.05) is 43.8 Å². The molecule has 1 saturated heterocycles. The lowest BCUT2D eigenvalue weighted by molar-refractivity contribution is -0.0119. The minimum absolute atomic E-state index is 0.314. The number of rotatable bonds is 2. The molecule has 0 amide bonds. The second kappa shape index (κ2) is 5.48. The van der Waals surface area contributed by atoms with Gasteiger partial charge in [0.05, 0.1) is 0 Å². The van der Waals surface area contributed by atoms with Gasteiger partial charge in [-0.15, -0.1) is 0 Å². The molecule has 0 aromatic heterocycles. The van der Waals surface area contributed by atoms with Crippen LogP contribution < -0.4 is 5.73 Å². The van der Waals surface area contributed by atoms with Crippen molar-refractivity contribution in [2.75, 3.05) is 32.7 Å². The zero-order valence-corrected chi connectivity index (χ0v) is 12.5. The highest BCUT2D eigenvalue weighted by Gasteiger charge is 2.39. The van der Waals surface area contributed by atoms with E-state index >= 15 is 0 Å². The topological polar surface area (TPSA) is 32.5 Å². The molecule has 0 spiro atoms. The van der Waals surface area contributed by atoms with Crippen molar-refractivity contribution in [1.82, 2.24) is 9.80 Å². The number of nitrogens with two attached hydrogens (primary N) is 1. The molecule has 2 aliphatic rings. The van der Waals surface area contributed by atoms with Crippen LogP contribution in [0, 0.1) is 0 Å². The van der Waals surface area contributed by atoms with Crippen LogP contribution in [-0.4, -0.2) is 53.6 Å². The highest BCUT2D eigenvalue weighted by atomic mass is 15.3. The molecule has 0 aromatic rings. The highest BCUT2D eigenvalue weighted by molar-refractivity contribution is 4.97. The molecule has 0 radical (unpaired) electrons. The van der Waals surface area contributed by atoms with E-state index < -0.39 is 0 Å². The lowest BCUT2D eigenvalue weighted by atomic mass is 9.80. The molecular formula is C15H31N3. The quantitative estimate of drug-likeness (QED) is 0.817. The van der Waals surface area contributed by atoms with Gasteiger partial charge in [-0.25, -0.2) is 0 Å². The summed E-state index contributed by atoms with van der Waals surface area (Å²) in [5, 5.41) is 0. The number of hydrogen-bond acceptors (Lipinski definition) is 3. The van der Waals surface area contributed by atoms with Crippen molar-refractivity contribution < 1.29 is 0 Å². The van der Waals surface area contributed by atoms with E-state index in [0.717, 1.165) is 6.54 Å². The van der Waals surface area contributed by atoms with Crippen LogP contribution in [0.5, 0.6) is 0 Å². The fourth-order valence-electron chi connectivity index (χ4n) is 3.71. The Morgan fingerprint density at radius 3 is 1.94 bits per heavy atom. The molecule has 0 unspecified atom stereocenters. The van der Waals surface area contributed by atoms with Crippen LogP contribution in [0.1, 0.15) is 52.9 Å². The molecule has 106 valence electrons. The van der Waals surface area contributed by atoms with Crippen LogP contribution >= 0.6 is 0 Å². The average molecular weight is 253 g/mol. The Morgan fingerprint density at radius 1 is 0.944 bits per heavy atom. The first-order valence-corrected chi connectivity index (χ1v) is 7.68. The molecule has 2 N–H and O–H groups in total. The summed E-state index contributed by atoms with van der Waals surface area (Å²) in [7, 11) is 0. The number of piperazine rings is 1. The maximum atomic E-state index is 6.13. The predicted molar refractivity (Wildman–Crippen MR) is 77.8 cm³/mol. The van der Waals surface area contributed by atoms with Gasteiger partial charge < -0.3 is 5.73 Å². The maximum absolute atomic E-state index is 6.13. The summed E-state index contributed by atoms with van der Waals surface area (Å²) in [5.41, 5.74) is 6.78. The van der Waals surface area contributed by atoms with Crippen LogP contribution in [0.3, 0.4) is 0 Å². The third kappa shape index (κ3) is 2.89. The van der Waals surface area contributed by atoms with Gasteiger partial charge in [0.1, 0.15) is 0 Å². The monoisotopic (exact) mass is 253 g/mol. The van der Waals surface area contributed by atoms with Crippen molar-refractivity contribution in [3.63, 3.8) is 0 Å². The van der Waals surface area contributed by atoms with Crippen LogP contribution in [0.15, 0.2) is 0 Å². The number of nitrogens with zero attached hydrogens (tertiary/aromatic N) is 2. The van der Waals surface area contributed by atoms with Gasteiger partial charge in [0.15, 0.2) is 0 Å². The first-order valence-electron chi connectivity index (χ1n) is 7.68. The highest BCUT2D eigenvalue weighted by Crippen LogP contribution is 2.34. The lowest BCUT2D eigenvalue weighted by Crippen LogP contribution is -2.62. The van der Waals surface area contributed by atoms with Crippen molar-refractivity contribution in [2.24, 2.45) is 5.73 Å². The Kier molecular flexibility index (Phi) is 4.35. The largest absolute Gasteiger partial charge is 0.329 e. The summed E-state index contributed by atoms with van der Waals surface area (Å²) in [6.45, 7) is 12.6. The van der Waals surface area contributed by atoms with Crippen LogP contribution in [0.4, 0.5) is 0 Å². The van der Waals surface area contributed by atoms with E-state index in [1.165, 1.54) is 58.3 Å². The van der Waals surface area contributed by atoms with E-state index in [0.29, 0.717) is 11.1 Å². The SMILES string of the molecule is CC(C)(C)N1CCN(C2(CN)CCCCC2)CC1. The van der Waals surface area contributed by atoms with Crippen LogP contribution in [0.2, 0.25) is 0 Å². The minimum atomic E-state index is 0.314. The molecule has 3 nitrogen and oxygen atoms in total. The average Bonchev–Trinajstić information content (AvgIpc) is 2.39. The normalized spacial score (nSPS) is 27.3. The molecule has 18 heavy (non-hydrogen) atoms. The molecule has 0 atom stereocenters. The maximum Gasteiger partial charge on any atom is 0.0332 e. The smallest absolute Gasteiger partial charge is 0.0332 e. The van der Waals surface area contributed by atoms with Gasteiger partial charge >= 0.3 is 0 Å². The molecule has 0 aromatic carbocycles. The Bertz CT molecular complexity index is 255. The Balaban J connectivity index is 1.95. The third-order valence-electron chi connectivity index (χ3n) is 5.06. The van der Waals surface area contributed by atoms with E-state index in [-0.39, 0.29) is 0 Å². The Labute approximate surface area is 113 Å². The van der Waals surface area contributed by atoms with Crippen LogP contribution in [-0.2, 0) is 0 Å². The van der Waals surface area contributed by atoms with E-state index in [1.807, 2.05) is 0 Å². The molecular weight excluding hydrogens is 222 g/mol. The molecule has 1 aliphatic heterocycles. The molecule has 1 saturated carbocycles. The van der Waals surface area contributed by atoms with E-state index in [1.54, 1.807) is 0 Å². The van der Waals surface area contributed by atoms with E-state index in [4.69, 9.17) is 5.73 Å². The Hall–Kier alpha value is -0.120. The molecule has 3 heteroatoms. The van der Waals surface area contributed by atoms with Crippen molar-refractivity contribution >= 4 is 0 Å². The van der Waals surface area contributed by atoms with Gasteiger partial charge in [-0.2, -0.15) is 0 Å². The fourth-order valence-corrected chi connectivity index (χ4v) is 3.71. The minimum Gasteiger partial charge on any atom is -0.329 e. The molecule has 2 rings (SSSR count). The van der Waals surface area contributed by atoms with Gasteiger partial charge in [0.2, 0.25) is 0 Å². The standard InChI is InChI=1S/C15H31N3/c1-14(2,3)17-9-11-18(12-10-17)15(13-16)7-5-4-6-8-15/h4-13,16H2,1-3H3. The lowest BCUT2D eigenvalue weighted by Gasteiger charge is -2.51. The molecule has 1 aliphatic carbocycles. The number of hydrogen-bond donors (Lipinski definition) is 1. The zero-order chi connectivity index (χ0) is 13.2. The molecule has 1 heterocycles. The fraction of sp³-hybridized carbons (Fsp3) is 1.00. The van der Waals surface area contributed by atoms with Gasteiger partial charge in [-0.05, 0) is 33.6 Å². The Morgan fingerprint density at radius 2 is 1.50 bits per heavy atom. The molecule has 2 fully saturated rings. The van der Waals surface area contributed by atoms with Crippen LogP contribution in [0.25, 0.3) is 0 Å². The summed E-state index contributed by atoms with van der Waals surface area (Å²) in [5.74, 6) is 0. The van der Waals surface area contributed by atoms with Crippen molar-refractivity contribution in [3.05, 3.63) is 0 Å². The summed E-state index contributed by atoms with van der Waals surface area (Å²) < 4.78 is 0. The first-order chi connectivity index (χ1) is 8.48. The first kappa shape index (κ1) is 14.3. The second-order valence-electron chi connectivity index (χ2n) is 7.13. The van der Waals surface area contributed by atoms with E-state index in [2.05, 4.69) is 30.6 Å². The summed E-state index contributed by atoms with van der Waals surface area (Å²) in [4.78, 5) is 5.31. The predicted octanol–water partition coefficient (Wildman–Crippen LogP) is 2.06. The van der Waals surface area contributed by atoms with E-state index in [9.17, 15) is 0 Å². The van der Waals surface area contributed by atoms with Crippen molar-refractivity contribution in [1.29, 1.82) is 0 Å². The zero-order valence-electron chi connectivity index (χ0n) is 12.5. The summed E-state index contributed by atoms with van der Waals surface area (Å²) in [6, 6.07) is 0. The van der Waals surface area contributed by atoms with Gasteiger partial charge in [-0.1, -0.05) is 19.3 Å². The van der Waals surface area contributed by atoms with Crippen molar-refractivity contribution in [2.45, 2.75) is 64.0 Å². The van der Waals surface area contributed by atoms with Gasteiger partial charge in [0.25, 0.3) is 0 Å². The second-order valence-corrected chi connectivity index (χ2v) is 7.13. The third-order valence-corrected chi connectivity index (χ3v) is 5.06. The summed E-state index contributed by atoms with van der Waals surface area (Å²) in [6.07, 6.45) is 6.79. The van der Waals surface area contributed by atoms with Crippen molar-refractivity contribution in [3.8, 4) is 0 Å². The summed E-state index contributed by atoms with van der Waals surface area (Å²) >= 11 is 0. The molecule has 0 bridgehead atoms.